The fourth-order valence-corrected chi connectivity index (χ4v) is 7.67. The van der Waals surface area contributed by atoms with Crippen molar-refractivity contribution in [1.82, 2.24) is 24.7 Å². The second kappa shape index (κ2) is 13.5. The Balaban J connectivity index is 1.41. The number of nitrogens with zero attached hydrogens (tertiary/aromatic N) is 3. The average molecular weight is 711 g/mol. The van der Waals surface area contributed by atoms with Crippen molar-refractivity contribution in [3.05, 3.63) is 104 Å². The number of carbonyl (C=O) groups is 1. The highest BCUT2D eigenvalue weighted by Gasteiger charge is 2.30. The minimum atomic E-state index is -4.15. The molecular formula is C31H31Cl3FN5O3S2. The molecule has 1 aromatic heterocycles. The zero-order valence-electron chi connectivity index (χ0n) is 24.7. The number of aromatic nitrogens is 2. The van der Waals surface area contributed by atoms with Gasteiger partial charge in [0.05, 0.1) is 26.8 Å². The highest BCUT2D eigenvalue weighted by Crippen LogP contribution is 2.39. The highest BCUT2D eigenvalue weighted by atomic mass is 35.5. The zero-order chi connectivity index (χ0) is 32.5. The Bertz CT molecular complexity index is 1860. The van der Waals surface area contributed by atoms with E-state index in [-0.39, 0.29) is 15.7 Å². The van der Waals surface area contributed by atoms with Crippen molar-refractivity contribution >= 4 is 62.6 Å². The Labute approximate surface area is 281 Å². The summed E-state index contributed by atoms with van der Waals surface area (Å²) >= 11 is 20.5. The van der Waals surface area contributed by atoms with Gasteiger partial charge in [-0.05, 0) is 78.9 Å². The second-order valence-corrected chi connectivity index (χ2v) is 15.1. The van der Waals surface area contributed by atoms with Crippen LogP contribution in [0.15, 0.2) is 70.8 Å². The number of urea groups is 1. The topological polar surface area (TPSA) is 96.3 Å². The zero-order valence-corrected chi connectivity index (χ0v) is 28.6. The number of rotatable bonds is 9. The summed E-state index contributed by atoms with van der Waals surface area (Å²) in [6.45, 7) is 7.12. The van der Waals surface area contributed by atoms with Gasteiger partial charge in [-0.3, -0.25) is 9.99 Å². The minimum Gasteiger partial charge on any atom is -0.291 e. The van der Waals surface area contributed by atoms with Crippen molar-refractivity contribution in [1.29, 1.82) is 0 Å². The van der Waals surface area contributed by atoms with Crippen molar-refractivity contribution in [2.45, 2.75) is 54.8 Å². The molecule has 1 fully saturated rings. The lowest BCUT2D eigenvalue weighted by Crippen LogP contribution is -2.47. The maximum atomic E-state index is 14.3. The van der Waals surface area contributed by atoms with Gasteiger partial charge in [0.2, 0.25) is 0 Å². The number of nitrogens with one attached hydrogen (secondary N) is 2. The lowest BCUT2D eigenvalue weighted by molar-refractivity contribution is 0.202. The third-order valence-electron chi connectivity index (χ3n) is 7.70. The van der Waals surface area contributed by atoms with Gasteiger partial charge in [-0.2, -0.15) is 0 Å². The molecule has 3 aromatic carbocycles. The first-order valence-corrected chi connectivity index (χ1v) is 17.7. The SMILES string of the molecule is Cc1cc(-n2c(C(C)(C)c3ccc(Cl)c(Cl)c3)cnc2SCc2ccc(S(=O)(=O)NC(=O)NN3CCCC3)cc2Cl)ccc1F. The van der Waals surface area contributed by atoms with E-state index in [1.807, 2.05) is 35.3 Å². The van der Waals surface area contributed by atoms with Crippen molar-refractivity contribution in [3.63, 3.8) is 0 Å². The van der Waals surface area contributed by atoms with Crippen LogP contribution >= 0.6 is 46.6 Å². The molecule has 0 saturated carbocycles. The Morgan fingerprint density at radius 2 is 1.73 bits per heavy atom. The van der Waals surface area contributed by atoms with E-state index in [9.17, 15) is 17.6 Å². The molecule has 4 aromatic rings. The summed E-state index contributed by atoms with van der Waals surface area (Å²) in [5.41, 5.74) is 5.59. The van der Waals surface area contributed by atoms with E-state index in [4.69, 9.17) is 39.8 Å². The lowest BCUT2D eigenvalue weighted by atomic mass is 9.81. The molecule has 0 aliphatic carbocycles. The van der Waals surface area contributed by atoms with Crippen molar-refractivity contribution in [2.24, 2.45) is 0 Å². The summed E-state index contributed by atoms with van der Waals surface area (Å²) in [7, 11) is -4.15. The van der Waals surface area contributed by atoms with Crippen LogP contribution in [0, 0.1) is 12.7 Å². The maximum absolute atomic E-state index is 14.3. The van der Waals surface area contributed by atoms with E-state index < -0.39 is 21.5 Å². The number of aryl methyl sites for hydroxylation is 1. The van der Waals surface area contributed by atoms with Gasteiger partial charge in [0.25, 0.3) is 10.0 Å². The number of sulfonamides is 1. The highest BCUT2D eigenvalue weighted by molar-refractivity contribution is 7.98. The predicted octanol–water partition coefficient (Wildman–Crippen LogP) is 7.90. The number of thioether (sulfide) groups is 1. The quantitative estimate of drug-likeness (QED) is 0.172. The molecule has 0 spiro atoms. The van der Waals surface area contributed by atoms with Gasteiger partial charge in [0.1, 0.15) is 5.82 Å². The summed E-state index contributed by atoms with van der Waals surface area (Å²) in [6, 6.07) is 13.9. The Morgan fingerprint density at radius 1 is 1.00 bits per heavy atom. The molecule has 2 amide bonds. The Hall–Kier alpha value is -2.80. The maximum Gasteiger partial charge on any atom is 0.343 e. The average Bonchev–Trinajstić information content (AvgIpc) is 3.65. The van der Waals surface area contributed by atoms with Crippen LogP contribution in [0.25, 0.3) is 5.69 Å². The first kappa shape index (κ1) is 33.6. The molecule has 1 aliphatic rings. The van der Waals surface area contributed by atoms with Crippen LogP contribution in [0.2, 0.25) is 15.1 Å². The molecule has 2 heterocycles. The smallest absolute Gasteiger partial charge is 0.291 e. The van der Waals surface area contributed by atoms with E-state index >= 15 is 0 Å². The molecule has 1 saturated heterocycles. The van der Waals surface area contributed by atoms with Gasteiger partial charge in [-0.1, -0.05) is 72.5 Å². The molecule has 45 heavy (non-hydrogen) atoms. The minimum absolute atomic E-state index is 0.133. The molecule has 8 nitrogen and oxygen atoms in total. The van der Waals surface area contributed by atoms with Crippen LogP contribution in [0.3, 0.4) is 0 Å². The fourth-order valence-electron chi connectivity index (χ4n) is 5.06. The molecule has 1 aliphatic heterocycles. The summed E-state index contributed by atoms with van der Waals surface area (Å²) in [6.07, 6.45) is 3.64. The van der Waals surface area contributed by atoms with Crippen LogP contribution in [-0.4, -0.2) is 42.1 Å². The summed E-state index contributed by atoms with van der Waals surface area (Å²) in [5.74, 6) is 0.0366. The molecule has 0 unspecified atom stereocenters. The fraction of sp³-hybridized carbons (Fsp3) is 0.290. The van der Waals surface area contributed by atoms with Crippen molar-refractivity contribution in [3.8, 4) is 5.69 Å². The molecule has 0 atom stereocenters. The number of imidazole rings is 1. The van der Waals surface area contributed by atoms with Crippen LogP contribution in [0.1, 0.15) is 49.1 Å². The number of halogens is 4. The normalized spacial score (nSPS) is 14.1. The molecule has 238 valence electrons. The Kier molecular flexibility index (Phi) is 10.1. The molecule has 0 bridgehead atoms. The van der Waals surface area contributed by atoms with Gasteiger partial charge < -0.3 is 0 Å². The van der Waals surface area contributed by atoms with E-state index in [2.05, 4.69) is 5.43 Å². The number of carbonyl (C=O) groups excluding carboxylic acids is 1. The molecule has 2 N–H and O–H groups in total. The monoisotopic (exact) mass is 709 g/mol. The van der Waals surface area contributed by atoms with Gasteiger partial charge in [-0.25, -0.2) is 32.3 Å². The number of amides is 2. The van der Waals surface area contributed by atoms with Gasteiger partial charge in [0.15, 0.2) is 5.16 Å². The number of benzene rings is 3. The first-order valence-electron chi connectivity index (χ1n) is 14.1. The van der Waals surface area contributed by atoms with Crippen LogP contribution in [0.4, 0.5) is 9.18 Å². The van der Waals surface area contributed by atoms with E-state index in [0.717, 1.165) is 29.8 Å². The number of hydrogen-bond acceptors (Lipinski definition) is 6. The van der Waals surface area contributed by atoms with Crippen LogP contribution < -0.4 is 10.1 Å². The molecular weight excluding hydrogens is 680 g/mol. The summed E-state index contributed by atoms with van der Waals surface area (Å²) in [4.78, 5) is 16.9. The summed E-state index contributed by atoms with van der Waals surface area (Å²) < 4.78 is 44.0. The summed E-state index contributed by atoms with van der Waals surface area (Å²) in [5, 5.41) is 3.40. The van der Waals surface area contributed by atoms with Gasteiger partial charge in [0, 0.05) is 35.0 Å². The van der Waals surface area contributed by atoms with Crippen molar-refractivity contribution in [2.75, 3.05) is 13.1 Å². The van der Waals surface area contributed by atoms with Gasteiger partial charge >= 0.3 is 6.03 Å². The third kappa shape index (κ3) is 7.45. The van der Waals surface area contributed by atoms with E-state index in [0.29, 0.717) is 45.2 Å². The molecule has 5 rings (SSSR count). The molecule has 14 heteroatoms. The largest absolute Gasteiger partial charge is 0.343 e. The standard InChI is InChI=1S/C31H31Cl3FN5O3S2/c1-19-14-22(8-11-27(19)35)40-28(31(2,3)21-7-10-24(32)26(34)15-21)17-36-30(40)44-18-20-6-9-23(16-25(20)33)45(42,43)38-29(41)37-39-12-4-5-13-39/h6-11,14-17H,4-5,12-13,18H2,1-3H3,(H2,37,38,41). The lowest BCUT2D eigenvalue weighted by Gasteiger charge is -2.28. The first-order chi connectivity index (χ1) is 21.3. The Morgan fingerprint density at radius 3 is 2.40 bits per heavy atom. The molecule has 0 radical (unpaired) electrons. The number of hydrazine groups is 1. The van der Waals surface area contributed by atoms with Crippen LogP contribution in [0.5, 0.6) is 0 Å². The number of hydrogen-bond donors (Lipinski definition) is 2. The van der Waals surface area contributed by atoms with E-state index in [1.54, 1.807) is 42.4 Å². The second-order valence-electron chi connectivity index (χ2n) is 11.2. The van der Waals surface area contributed by atoms with E-state index in [1.165, 1.54) is 30.0 Å². The third-order valence-corrected chi connectivity index (χ3v) is 11.1. The predicted molar refractivity (Wildman–Crippen MR) is 178 cm³/mol. The van der Waals surface area contributed by atoms with Crippen molar-refractivity contribution < 1.29 is 17.6 Å². The van der Waals surface area contributed by atoms with Crippen LogP contribution in [-0.2, 0) is 21.2 Å². The van der Waals surface area contributed by atoms with Gasteiger partial charge in [-0.15, -0.1) is 0 Å².